The maximum absolute atomic E-state index is 13.5. The lowest BCUT2D eigenvalue weighted by Gasteiger charge is -2.36. The molecule has 2 aliphatic rings. The minimum absolute atomic E-state index is 0.254. The van der Waals surface area contributed by atoms with Gasteiger partial charge in [-0.25, -0.2) is 4.79 Å². The Morgan fingerprint density at radius 3 is 2.18 bits per heavy atom. The van der Waals surface area contributed by atoms with E-state index in [4.69, 9.17) is 14.2 Å². The van der Waals surface area contributed by atoms with Crippen molar-refractivity contribution in [3.05, 3.63) is 72.3 Å². The predicted octanol–water partition coefficient (Wildman–Crippen LogP) is 6.25. The first kappa shape index (κ1) is 32.6. The van der Waals surface area contributed by atoms with E-state index in [-0.39, 0.29) is 6.61 Å². The van der Waals surface area contributed by atoms with Gasteiger partial charge < -0.3 is 24.0 Å². The zero-order chi connectivity index (χ0) is 32.0. The van der Waals surface area contributed by atoms with E-state index in [0.29, 0.717) is 30.3 Å². The van der Waals surface area contributed by atoms with Gasteiger partial charge in [-0.15, -0.1) is 0 Å². The number of ether oxygens (including phenoxy) is 3. The molecule has 5 rings (SSSR count). The highest BCUT2D eigenvalue weighted by atomic mass is 32.2. The summed E-state index contributed by atoms with van der Waals surface area (Å²) in [6.07, 6.45) is -4.39. The van der Waals surface area contributed by atoms with Crippen LogP contribution in [0, 0.1) is 0 Å². The van der Waals surface area contributed by atoms with Crippen LogP contribution >= 0.6 is 11.8 Å². The molecule has 0 N–H and O–H groups in total. The number of carbonyl (C=O) groups is 2. The van der Waals surface area contributed by atoms with Crippen molar-refractivity contribution in [2.75, 3.05) is 57.3 Å². The number of nitrogens with zero attached hydrogens (tertiary/aromatic N) is 3. The minimum Gasteiger partial charge on any atom is -0.479 e. The van der Waals surface area contributed by atoms with E-state index in [1.807, 2.05) is 29.2 Å². The number of benzene rings is 3. The quantitative estimate of drug-likeness (QED) is 0.178. The number of piperazine rings is 1. The molecule has 1 fully saturated rings. The lowest BCUT2D eigenvalue weighted by atomic mass is 10.1. The molecule has 2 aliphatic heterocycles. The fourth-order valence-electron chi connectivity index (χ4n) is 5.33. The molecule has 0 aromatic heterocycles. The smallest absolute Gasteiger partial charge is 0.416 e. The Morgan fingerprint density at radius 1 is 0.844 bits per heavy atom. The lowest BCUT2D eigenvalue weighted by Crippen LogP contribution is -2.48. The van der Waals surface area contributed by atoms with Crippen molar-refractivity contribution in [2.24, 2.45) is 0 Å². The van der Waals surface area contributed by atoms with Crippen LogP contribution in [0.4, 0.5) is 24.5 Å². The van der Waals surface area contributed by atoms with Gasteiger partial charge in [-0.1, -0.05) is 23.9 Å². The highest BCUT2D eigenvalue weighted by molar-refractivity contribution is 7.99. The van der Waals surface area contributed by atoms with E-state index in [1.54, 1.807) is 37.3 Å². The molecule has 45 heavy (non-hydrogen) atoms. The van der Waals surface area contributed by atoms with Crippen LogP contribution in [-0.2, 0) is 20.5 Å². The molecule has 0 aliphatic carbocycles. The second-order valence-corrected chi connectivity index (χ2v) is 12.0. The monoisotopic (exact) mass is 643 g/mol. The van der Waals surface area contributed by atoms with Crippen LogP contribution in [0.3, 0.4) is 0 Å². The predicted molar refractivity (Wildman–Crippen MR) is 165 cm³/mol. The molecule has 2 heterocycles. The normalized spacial score (nSPS) is 16.0. The van der Waals surface area contributed by atoms with Gasteiger partial charge in [0.05, 0.1) is 16.9 Å². The first-order chi connectivity index (χ1) is 21.6. The van der Waals surface area contributed by atoms with Crippen LogP contribution in [0.15, 0.2) is 76.5 Å². The number of para-hydroxylation sites is 1. The number of carbonyl (C=O) groups excluding carboxylic acids is 2. The summed E-state index contributed by atoms with van der Waals surface area (Å²) in [5.41, 5.74) is 0.901. The van der Waals surface area contributed by atoms with E-state index in [0.717, 1.165) is 60.7 Å². The Hall–Kier alpha value is -3.74. The number of hydrogen-bond donors (Lipinski definition) is 0. The average Bonchev–Trinajstić information content (AvgIpc) is 3.01. The highest BCUT2D eigenvalue weighted by Crippen LogP contribution is 2.49. The molecular weight excluding hydrogens is 607 g/mol. The Balaban J connectivity index is 1.04. The SMILES string of the molecule is CC(=O)Oc1ccc(OC(C)C(=O)OCCN2CCN(CCCN3c4ccccc4Sc4ccc(C(F)(F)F)cc43)CC2)cc1. The van der Waals surface area contributed by atoms with Crippen LogP contribution in [0.25, 0.3) is 0 Å². The standard InChI is InChI=1S/C33H36F3N3O5S/c1-23(43-26-9-11-27(12-10-26)44-24(2)40)32(41)42-21-20-38-18-16-37(17-19-38)14-5-15-39-28-6-3-4-7-30(28)45-31-13-8-25(22-29(31)39)33(34,35)36/h3-4,6-13,22-23H,5,14-21H2,1-2H3. The molecule has 240 valence electrons. The van der Waals surface area contributed by atoms with Crippen LogP contribution in [0.5, 0.6) is 11.5 Å². The minimum atomic E-state index is -4.40. The summed E-state index contributed by atoms with van der Waals surface area (Å²) in [6.45, 7) is 8.64. The topological polar surface area (TPSA) is 71.5 Å². The molecule has 1 unspecified atom stereocenters. The van der Waals surface area contributed by atoms with Crippen molar-refractivity contribution in [1.82, 2.24) is 9.80 Å². The summed E-state index contributed by atoms with van der Waals surface area (Å²) in [5, 5.41) is 0. The van der Waals surface area contributed by atoms with Crippen LogP contribution in [0.1, 0.15) is 25.8 Å². The first-order valence-electron chi connectivity index (χ1n) is 14.9. The summed E-state index contributed by atoms with van der Waals surface area (Å²) in [7, 11) is 0. The molecule has 1 saturated heterocycles. The number of halogens is 3. The second kappa shape index (κ2) is 14.6. The van der Waals surface area contributed by atoms with Crippen molar-refractivity contribution >= 4 is 35.1 Å². The molecule has 3 aromatic carbocycles. The van der Waals surface area contributed by atoms with Crippen molar-refractivity contribution in [3.63, 3.8) is 0 Å². The van der Waals surface area contributed by atoms with Crippen molar-refractivity contribution in [3.8, 4) is 11.5 Å². The molecule has 0 spiro atoms. The zero-order valence-electron chi connectivity index (χ0n) is 25.2. The third kappa shape index (κ3) is 8.71. The first-order valence-corrected chi connectivity index (χ1v) is 15.7. The number of alkyl halides is 3. The largest absolute Gasteiger partial charge is 0.479 e. The zero-order valence-corrected chi connectivity index (χ0v) is 26.0. The van der Waals surface area contributed by atoms with Gasteiger partial charge >= 0.3 is 18.1 Å². The lowest BCUT2D eigenvalue weighted by molar-refractivity contribution is -0.151. The molecule has 1 atom stereocenters. The second-order valence-electron chi connectivity index (χ2n) is 10.9. The van der Waals surface area contributed by atoms with E-state index in [9.17, 15) is 22.8 Å². The summed E-state index contributed by atoms with van der Waals surface area (Å²) < 4.78 is 56.6. The van der Waals surface area contributed by atoms with Gasteiger partial charge in [0, 0.05) is 56.0 Å². The van der Waals surface area contributed by atoms with Gasteiger partial charge in [-0.05, 0) is 74.5 Å². The van der Waals surface area contributed by atoms with E-state index in [1.165, 1.54) is 24.8 Å². The highest BCUT2D eigenvalue weighted by Gasteiger charge is 2.33. The number of esters is 2. The van der Waals surface area contributed by atoms with Gasteiger partial charge in [0.15, 0.2) is 6.10 Å². The number of anilines is 2. The van der Waals surface area contributed by atoms with E-state index < -0.39 is 29.8 Å². The maximum atomic E-state index is 13.5. The molecule has 0 amide bonds. The van der Waals surface area contributed by atoms with Crippen LogP contribution in [0.2, 0.25) is 0 Å². The average molecular weight is 644 g/mol. The fourth-order valence-corrected chi connectivity index (χ4v) is 6.41. The Morgan fingerprint density at radius 2 is 1.49 bits per heavy atom. The van der Waals surface area contributed by atoms with E-state index >= 15 is 0 Å². The number of rotatable bonds is 11. The molecular formula is C33H36F3N3O5S. The summed E-state index contributed by atoms with van der Waals surface area (Å²) in [4.78, 5) is 32.0. The molecule has 0 saturated carbocycles. The van der Waals surface area contributed by atoms with Crippen LogP contribution < -0.4 is 14.4 Å². The van der Waals surface area contributed by atoms with Gasteiger partial charge in [0.1, 0.15) is 18.1 Å². The van der Waals surface area contributed by atoms with Crippen molar-refractivity contribution in [1.29, 1.82) is 0 Å². The molecule has 0 radical (unpaired) electrons. The summed E-state index contributed by atoms with van der Waals surface area (Å²) in [5.74, 6) is -0.0175. The summed E-state index contributed by atoms with van der Waals surface area (Å²) in [6, 6.07) is 18.2. The van der Waals surface area contributed by atoms with Gasteiger partial charge in [-0.2, -0.15) is 13.2 Å². The third-order valence-electron chi connectivity index (χ3n) is 7.66. The Bertz CT molecular complexity index is 1480. The fraction of sp³-hybridized carbons (Fsp3) is 0.394. The van der Waals surface area contributed by atoms with Crippen LogP contribution in [-0.4, -0.2) is 80.3 Å². The molecule has 12 heteroatoms. The van der Waals surface area contributed by atoms with Gasteiger partial charge in [0.2, 0.25) is 0 Å². The summed E-state index contributed by atoms with van der Waals surface area (Å²) >= 11 is 1.50. The Kier molecular flexibility index (Phi) is 10.6. The number of hydrogen-bond acceptors (Lipinski definition) is 9. The van der Waals surface area contributed by atoms with Gasteiger partial charge in [0.25, 0.3) is 0 Å². The molecule has 3 aromatic rings. The maximum Gasteiger partial charge on any atom is 0.416 e. The Labute approximate surface area is 265 Å². The van der Waals surface area contributed by atoms with E-state index in [2.05, 4.69) is 9.80 Å². The van der Waals surface area contributed by atoms with Gasteiger partial charge in [-0.3, -0.25) is 9.69 Å². The van der Waals surface area contributed by atoms with Crippen molar-refractivity contribution in [2.45, 2.75) is 42.3 Å². The molecule has 0 bridgehead atoms. The molecule has 8 nitrogen and oxygen atoms in total. The number of fused-ring (bicyclic) bond motifs is 2. The van der Waals surface area contributed by atoms with Crippen molar-refractivity contribution < 1.29 is 37.0 Å². The third-order valence-corrected chi connectivity index (χ3v) is 8.79.